The second-order valence-corrected chi connectivity index (χ2v) is 7.02. The van der Waals surface area contributed by atoms with E-state index in [1.54, 1.807) is 22.8 Å². The normalized spacial score (nSPS) is 12.0. The molecule has 3 nitrogen and oxygen atoms in total. The van der Waals surface area contributed by atoms with Crippen LogP contribution in [0.2, 0.25) is 0 Å². The molecule has 3 aromatic carbocycles. The van der Waals surface area contributed by atoms with Gasteiger partial charge in [-0.25, -0.2) is 4.39 Å². The molecule has 148 valence electrons. The van der Waals surface area contributed by atoms with Crippen LogP contribution in [-0.4, -0.2) is 10.5 Å². The van der Waals surface area contributed by atoms with Crippen LogP contribution in [0, 0.1) is 12.7 Å². The molecule has 0 fully saturated rings. The van der Waals surface area contributed by atoms with Gasteiger partial charge in [-0.15, -0.1) is 0 Å². The van der Waals surface area contributed by atoms with Gasteiger partial charge in [0.15, 0.2) is 0 Å². The molecule has 0 aliphatic rings. The zero-order valence-corrected chi connectivity index (χ0v) is 15.3. The number of nitrogens with two attached hydrogens (primary N) is 1. The third-order valence-corrected chi connectivity index (χ3v) is 4.94. The number of rotatable bonds is 3. The van der Waals surface area contributed by atoms with Crippen molar-refractivity contribution in [2.75, 3.05) is 0 Å². The maximum absolute atomic E-state index is 13.9. The predicted octanol–water partition coefficient (Wildman–Crippen LogP) is 5.41. The number of benzene rings is 3. The Morgan fingerprint density at radius 2 is 1.79 bits per heavy atom. The molecular formula is C22H16F4N2O. The molecule has 0 radical (unpaired) electrons. The second kappa shape index (κ2) is 6.62. The second-order valence-electron chi connectivity index (χ2n) is 7.02. The van der Waals surface area contributed by atoms with Crippen LogP contribution in [0.5, 0.6) is 0 Å². The van der Waals surface area contributed by atoms with Crippen molar-refractivity contribution in [1.82, 2.24) is 4.57 Å². The molecule has 29 heavy (non-hydrogen) atoms. The Labute approximate surface area is 163 Å². The van der Waals surface area contributed by atoms with Crippen LogP contribution >= 0.6 is 0 Å². The molecule has 1 aromatic heterocycles. The number of halogens is 4. The third kappa shape index (κ3) is 3.33. The number of carbonyl (C=O) groups excluding carboxylic acids is 1. The van der Waals surface area contributed by atoms with E-state index in [2.05, 4.69) is 0 Å². The van der Waals surface area contributed by atoms with Crippen molar-refractivity contribution >= 4 is 27.7 Å². The zero-order chi connectivity index (χ0) is 20.9. The number of aromatic nitrogens is 1. The van der Waals surface area contributed by atoms with Crippen molar-refractivity contribution in [2.45, 2.75) is 19.6 Å². The van der Waals surface area contributed by atoms with E-state index >= 15 is 0 Å². The minimum Gasteiger partial charge on any atom is -0.366 e. The van der Waals surface area contributed by atoms with Crippen LogP contribution in [0.4, 0.5) is 17.6 Å². The molecule has 0 spiro atoms. The number of carbonyl (C=O) groups is 1. The van der Waals surface area contributed by atoms with Crippen molar-refractivity contribution in [2.24, 2.45) is 5.73 Å². The van der Waals surface area contributed by atoms with Crippen LogP contribution in [0.15, 0.2) is 54.6 Å². The van der Waals surface area contributed by atoms with E-state index in [9.17, 15) is 22.4 Å². The van der Waals surface area contributed by atoms with E-state index in [4.69, 9.17) is 5.73 Å². The highest BCUT2D eigenvalue weighted by Crippen LogP contribution is 2.34. The number of hydrogen-bond acceptors (Lipinski definition) is 1. The van der Waals surface area contributed by atoms with Gasteiger partial charge in [-0.05, 0) is 54.4 Å². The van der Waals surface area contributed by atoms with Gasteiger partial charge in [-0.3, -0.25) is 4.79 Å². The van der Waals surface area contributed by atoms with Gasteiger partial charge in [0.25, 0.3) is 0 Å². The van der Waals surface area contributed by atoms with Gasteiger partial charge in [-0.1, -0.05) is 18.2 Å². The summed E-state index contributed by atoms with van der Waals surface area (Å²) in [6.07, 6.45) is -4.65. The van der Waals surface area contributed by atoms with Gasteiger partial charge in [0.2, 0.25) is 5.91 Å². The van der Waals surface area contributed by atoms with Gasteiger partial charge in [0.05, 0.1) is 11.1 Å². The molecule has 0 saturated heterocycles. The molecule has 0 saturated carbocycles. The van der Waals surface area contributed by atoms with Crippen LogP contribution < -0.4 is 5.73 Å². The summed E-state index contributed by atoms with van der Waals surface area (Å²) in [7, 11) is 0. The SMILES string of the molecule is Cc1ccc2c3c(C(N)=O)cccc3n(Cc3cc(F)cc(C(F)(F)F)c3)c2c1. The van der Waals surface area contributed by atoms with Crippen molar-refractivity contribution in [3.05, 3.63) is 82.7 Å². The first-order chi connectivity index (χ1) is 13.6. The quantitative estimate of drug-likeness (QED) is 0.460. The Morgan fingerprint density at radius 3 is 2.48 bits per heavy atom. The lowest BCUT2D eigenvalue weighted by Gasteiger charge is -2.12. The lowest BCUT2D eigenvalue weighted by atomic mass is 10.1. The highest BCUT2D eigenvalue weighted by Gasteiger charge is 2.31. The minimum absolute atomic E-state index is 0.00646. The van der Waals surface area contributed by atoms with Crippen molar-refractivity contribution in [3.8, 4) is 0 Å². The molecule has 0 unspecified atom stereocenters. The number of amides is 1. The average Bonchev–Trinajstić information content (AvgIpc) is 2.93. The summed E-state index contributed by atoms with van der Waals surface area (Å²) in [5.41, 5.74) is 7.29. The van der Waals surface area contributed by atoms with Gasteiger partial charge in [-0.2, -0.15) is 13.2 Å². The van der Waals surface area contributed by atoms with Crippen LogP contribution in [0.25, 0.3) is 21.8 Å². The molecule has 0 bridgehead atoms. The molecule has 4 aromatic rings. The smallest absolute Gasteiger partial charge is 0.366 e. The summed E-state index contributed by atoms with van der Waals surface area (Å²) < 4.78 is 55.0. The monoisotopic (exact) mass is 400 g/mol. The molecule has 7 heteroatoms. The van der Waals surface area contributed by atoms with E-state index in [1.165, 1.54) is 0 Å². The number of fused-ring (bicyclic) bond motifs is 3. The molecule has 0 aliphatic carbocycles. The molecule has 0 atom stereocenters. The minimum atomic E-state index is -4.65. The fourth-order valence-electron chi connectivity index (χ4n) is 3.72. The summed E-state index contributed by atoms with van der Waals surface area (Å²) >= 11 is 0. The first-order valence-corrected chi connectivity index (χ1v) is 8.83. The maximum Gasteiger partial charge on any atom is 0.416 e. The summed E-state index contributed by atoms with van der Waals surface area (Å²) in [4.78, 5) is 11.9. The molecule has 4 rings (SSSR count). The predicted molar refractivity (Wildman–Crippen MR) is 103 cm³/mol. The molecule has 1 amide bonds. The number of aryl methyl sites for hydroxylation is 1. The lowest BCUT2D eigenvalue weighted by molar-refractivity contribution is -0.137. The Kier molecular flexibility index (Phi) is 4.33. The van der Waals surface area contributed by atoms with Crippen LogP contribution in [0.3, 0.4) is 0 Å². The Balaban J connectivity index is 1.99. The maximum atomic E-state index is 13.9. The first kappa shape index (κ1) is 19.0. The molecule has 2 N–H and O–H groups in total. The van der Waals surface area contributed by atoms with E-state index < -0.39 is 23.5 Å². The van der Waals surface area contributed by atoms with Gasteiger partial charge >= 0.3 is 6.18 Å². The summed E-state index contributed by atoms with van der Waals surface area (Å²) in [6.45, 7) is 1.90. The van der Waals surface area contributed by atoms with Crippen molar-refractivity contribution in [1.29, 1.82) is 0 Å². The summed E-state index contributed by atoms with van der Waals surface area (Å²) in [6, 6.07) is 13.1. The standard InChI is InChI=1S/C22H16F4N2O/c1-12-5-6-16-19(7-12)28(18-4-2-3-17(20(16)18)21(27)29)11-13-8-14(22(24,25)26)10-15(23)9-13/h2-10H,11H2,1H3,(H2,27,29). The van der Waals surface area contributed by atoms with Gasteiger partial charge in [0, 0.05) is 28.4 Å². The fraction of sp³-hybridized carbons (Fsp3) is 0.136. The van der Waals surface area contributed by atoms with E-state index in [0.29, 0.717) is 22.5 Å². The Hall–Kier alpha value is -3.35. The van der Waals surface area contributed by atoms with Crippen LogP contribution in [-0.2, 0) is 12.7 Å². The van der Waals surface area contributed by atoms with Crippen molar-refractivity contribution in [3.63, 3.8) is 0 Å². The fourth-order valence-corrected chi connectivity index (χ4v) is 3.72. The Bertz CT molecular complexity index is 1270. The molecule has 0 aliphatic heterocycles. The highest BCUT2D eigenvalue weighted by molar-refractivity contribution is 6.17. The summed E-state index contributed by atoms with van der Waals surface area (Å²) in [5.74, 6) is -1.55. The number of alkyl halides is 3. The third-order valence-electron chi connectivity index (χ3n) is 4.94. The number of primary amides is 1. The first-order valence-electron chi connectivity index (χ1n) is 8.83. The van der Waals surface area contributed by atoms with Crippen LogP contribution in [0.1, 0.15) is 27.0 Å². The lowest BCUT2D eigenvalue weighted by Crippen LogP contribution is -2.11. The molecular weight excluding hydrogens is 384 g/mol. The van der Waals surface area contributed by atoms with Gasteiger partial charge < -0.3 is 10.3 Å². The largest absolute Gasteiger partial charge is 0.416 e. The highest BCUT2D eigenvalue weighted by atomic mass is 19.4. The van der Waals surface area contributed by atoms with E-state index in [-0.39, 0.29) is 12.1 Å². The van der Waals surface area contributed by atoms with E-state index in [1.807, 2.05) is 25.1 Å². The van der Waals surface area contributed by atoms with E-state index in [0.717, 1.165) is 28.6 Å². The average molecular weight is 400 g/mol. The zero-order valence-electron chi connectivity index (χ0n) is 15.3. The number of hydrogen-bond donors (Lipinski definition) is 1. The number of nitrogens with zero attached hydrogens (tertiary/aromatic N) is 1. The summed E-state index contributed by atoms with van der Waals surface area (Å²) in [5, 5.41) is 1.38. The van der Waals surface area contributed by atoms with Crippen molar-refractivity contribution < 1.29 is 22.4 Å². The topological polar surface area (TPSA) is 48.0 Å². The van der Waals surface area contributed by atoms with Gasteiger partial charge in [0.1, 0.15) is 5.82 Å². The Morgan fingerprint density at radius 1 is 1.03 bits per heavy atom. The molecule has 1 heterocycles.